The zero-order valence-corrected chi connectivity index (χ0v) is 12.2. The van der Waals surface area contributed by atoms with Gasteiger partial charge in [-0.2, -0.15) is 18.3 Å². The van der Waals surface area contributed by atoms with Crippen molar-refractivity contribution in [1.82, 2.24) is 10.5 Å². The van der Waals surface area contributed by atoms with Crippen LogP contribution < -0.4 is 10.9 Å². The van der Waals surface area contributed by atoms with E-state index in [1.165, 1.54) is 6.07 Å². The van der Waals surface area contributed by atoms with E-state index in [1.807, 2.05) is 0 Å². The second kappa shape index (κ2) is 6.04. The molecule has 24 heavy (non-hydrogen) atoms. The summed E-state index contributed by atoms with van der Waals surface area (Å²) in [5, 5.41) is 5.18. The van der Waals surface area contributed by atoms with Gasteiger partial charge in [-0.25, -0.2) is 8.78 Å². The van der Waals surface area contributed by atoms with Crippen molar-refractivity contribution in [1.29, 1.82) is 0 Å². The van der Waals surface area contributed by atoms with E-state index in [0.717, 1.165) is 0 Å². The van der Waals surface area contributed by atoms with E-state index in [2.05, 4.69) is 10.5 Å². The third-order valence-electron chi connectivity index (χ3n) is 4.10. The van der Waals surface area contributed by atoms with Gasteiger partial charge in [0.2, 0.25) is 0 Å². The number of aromatic nitrogens is 1. The Hall–Kier alpha value is -2.16. The highest BCUT2D eigenvalue weighted by Gasteiger charge is 2.38. The molecule has 0 aliphatic carbocycles. The highest BCUT2D eigenvalue weighted by atomic mass is 19.4. The van der Waals surface area contributed by atoms with Crippen LogP contribution in [0, 0.1) is 11.6 Å². The fourth-order valence-corrected chi connectivity index (χ4v) is 2.99. The van der Waals surface area contributed by atoms with Crippen LogP contribution >= 0.6 is 0 Å². The van der Waals surface area contributed by atoms with E-state index in [9.17, 15) is 26.7 Å². The van der Waals surface area contributed by atoms with Gasteiger partial charge in [0.05, 0.1) is 0 Å². The van der Waals surface area contributed by atoms with Crippen molar-refractivity contribution in [2.75, 3.05) is 6.54 Å². The zero-order valence-electron chi connectivity index (χ0n) is 12.2. The number of nitrogens with one attached hydrogen (secondary N) is 2. The van der Waals surface area contributed by atoms with Crippen molar-refractivity contribution >= 4 is 0 Å². The lowest BCUT2D eigenvalue weighted by molar-refractivity contribution is -0.142. The Labute approximate surface area is 132 Å². The van der Waals surface area contributed by atoms with Gasteiger partial charge in [0, 0.05) is 18.0 Å². The van der Waals surface area contributed by atoms with E-state index in [-0.39, 0.29) is 11.5 Å². The van der Waals surface area contributed by atoms with Crippen LogP contribution in [0.1, 0.15) is 41.7 Å². The molecule has 1 aliphatic rings. The number of hydrogen-bond donors (Lipinski definition) is 2. The Bertz CT molecular complexity index is 773. The summed E-state index contributed by atoms with van der Waals surface area (Å²) in [5.41, 5.74) is -2.21. The molecule has 1 aromatic heterocycles. The maximum Gasteiger partial charge on any atom is 0.422 e. The third kappa shape index (κ3) is 3.21. The molecule has 9 heteroatoms. The molecule has 0 bridgehead atoms. The summed E-state index contributed by atoms with van der Waals surface area (Å²) < 4.78 is 70.4. The molecule has 2 heterocycles. The number of alkyl halides is 3. The molecule has 2 unspecified atom stereocenters. The van der Waals surface area contributed by atoms with E-state index in [0.29, 0.717) is 37.3 Å². The molecule has 1 aromatic carbocycles. The molecule has 0 spiro atoms. The van der Waals surface area contributed by atoms with Gasteiger partial charge in [-0.15, -0.1) is 0 Å². The SMILES string of the molecule is O=c1cc(C2CCNC(c3cc(F)c(C(F)(F)F)c(F)c3)C2)o[nH]1. The maximum atomic E-state index is 13.7. The Morgan fingerprint density at radius 1 is 1.12 bits per heavy atom. The van der Waals surface area contributed by atoms with Crippen LogP contribution in [0.3, 0.4) is 0 Å². The van der Waals surface area contributed by atoms with Gasteiger partial charge in [-0.3, -0.25) is 4.79 Å². The summed E-state index contributed by atoms with van der Waals surface area (Å²) in [5.74, 6) is -3.05. The first-order valence-corrected chi connectivity index (χ1v) is 7.23. The summed E-state index contributed by atoms with van der Waals surface area (Å²) in [6.45, 7) is 0.467. The minimum atomic E-state index is -5.09. The van der Waals surface area contributed by atoms with Gasteiger partial charge in [-0.05, 0) is 37.1 Å². The van der Waals surface area contributed by atoms with Gasteiger partial charge >= 0.3 is 6.18 Å². The fourth-order valence-electron chi connectivity index (χ4n) is 2.99. The molecular weight excluding hydrogens is 335 g/mol. The number of piperidine rings is 1. The van der Waals surface area contributed by atoms with Gasteiger partial charge in [0.1, 0.15) is 23.0 Å². The van der Waals surface area contributed by atoms with Crippen LogP contribution in [-0.4, -0.2) is 11.7 Å². The van der Waals surface area contributed by atoms with Crippen LogP contribution in [0.5, 0.6) is 0 Å². The average Bonchev–Trinajstić information content (AvgIpc) is 2.92. The third-order valence-corrected chi connectivity index (χ3v) is 4.10. The van der Waals surface area contributed by atoms with E-state index < -0.39 is 35.0 Å². The van der Waals surface area contributed by atoms with Gasteiger partial charge in [-0.1, -0.05) is 0 Å². The fraction of sp³-hybridized carbons (Fsp3) is 0.400. The minimum absolute atomic E-state index is 0.0839. The molecule has 4 nitrogen and oxygen atoms in total. The number of aromatic amines is 1. The van der Waals surface area contributed by atoms with Crippen LogP contribution in [0.25, 0.3) is 0 Å². The molecule has 1 aliphatic heterocycles. The lowest BCUT2D eigenvalue weighted by atomic mass is 9.87. The van der Waals surface area contributed by atoms with Crippen molar-refractivity contribution in [3.63, 3.8) is 0 Å². The molecule has 0 amide bonds. The van der Waals surface area contributed by atoms with Crippen LogP contribution in [0.4, 0.5) is 22.0 Å². The quantitative estimate of drug-likeness (QED) is 0.817. The second-order valence-electron chi connectivity index (χ2n) is 5.70. The molecule has 2 atom stereocenters. The summed E-state index contributed by atoms with van der Waals surface area (Å²) in [7, 11) is 0. The number of H-pyrrole nitrogens is 1. The predicted octanol–water partition coefficient (Wildman–Crippen LogP) is 3.47. The van der Waals surface area contributed by atoms with Gasteiger partial charge < -0.3 is 9.84 Å². The topological polar surface area (TPSA) is 58.0 Å². The molecule has 2 aromatic rings. The molecule has 0 radical (unpaired) electrons. The minimum Gasteiger partial charge on any atom is -0.383 e. The van der Waals surface area contributed by atoms with Crippen molar-refractivity contribution in [2.24, 2.45) is 0 Å². The zero-order chi connectivity index (χ0) is 17.5. The first-order valence-electron chi connectivity index (χ1n) is 7.23. The van der Waals surface area contributed by atoms with E-state index in [4.69, 9.17) is 4.52 Å². The number of hydrogen-bond acceptors (Lipinski definition) is 3. The number of halogens is 5. The lowest BCUT2D eigenvalue weighted by Crippen LogP contribution is -2.31. The van der Waals surface area contributed by atoms with Crippen molar-refractivity contribution in [3.8, 4) is 0 Å². The molecule has 1 saturated heterocycles. The Balaban J connectivity index is 1.87. The molecule has 3 rings (SSSR count). The summed E-state index contributed by atoms with van der Waals surface area (Å²) >= 11 is 0. The van der Waals surface area contributed by atoms with Crippen LogP contribution in [0.15, 0.2) is 27.5 Å². The smallest absolute Gasteiger partial charge is 0.383 e. The van der Waals surface area contributed by atoms with Gasteiger partial charge in [0.25, 0.3) is 5.56 Å². The largest absolute Gasteiger partial charge is 0.422 e. The standard InChI is InChI=1S/C15H13F5N2O2/c16-9-3-8(4-10(17)14(9)15(18,19)20)11-5-7(1-2-21-11)12-6-13(23)22-24-12/h3-4,6-7,11,21H,1-2,5H2,(H,22,23). The summed E-state index contributed by atoms with van der Waals surface area (Å²) in [4.78, 5) is 11.1. The average molecular weight is 348 g/mol. The Morgan fingerprint density at radius 2 is 1.79 bits per heavy atom. The second-order valence-corrected chi connectivity index (χ2v) is 5.70. The normalized spacial score (nSPS) is 21.9. The molecular formula is C15H13F5N2O2. The van der Waals surface area contributed by atoms with Crippen molar-refractivity contribution in [3.05, 3.63) is 57.1 Å². The molecule has 1 fully saturated rings. The number of benzene rings is 1. The summed E-state index contributed by atoms with van der Waals surface area (Å²) in [6.07, 6.45) is -4.13. The summed E-state index contributed by atoms with van der Waals surface area (Å²) in [6, 6.07) is 2.13. The highest BCUT2D eigenvalue weighted by Crippen LogP contribution is 2.38. The van der Waals surface area contributed by atoms with Crippen LogP contribution in [-0.2, 0) is 6.18 Å². The molecule has 0 saturated carbocycles. The predicted molar refractivity (Wildman–Crippen MR) is 73.4 cm³/mol. The Morgan fingerprint density at radius 3 is 2.33 bits per heavy atom. The van der Waals surface area contributed by atoms with E-state index in [1.54, 1.807) is 0 Å². The lowest BCUT2D eigenvalue weighted by Gasteiger charge is -2.29. The molecule has 2 N–H and O–H groups in total. The maximum absolute atomic E-state index is 13.7. The number of rotatable bonds is 2. The van der Waals surface area contributed by atoms with Crippen LogP contribution in [0.2, 0.25) is 0 Å². The van der Waals surface area contributed by atoms with Crippen molar-refractivity contribution in [2.45, 2.75) is 31.0 Å². The first kappa shape index (κ1) is 16.7. The molecule has 130 valence electrons. The Kier molecular flexibility index (Phi) is 4.20. The van der Waals surface area contributed by atoms with Gasteiger partial charge in [0.15, 0.2) is 0 Å². The first-order chi connectivity index (χ1) is 11.3. The van der Waals surface area contributed by atoms with E-state index >= 15 is 0 Å². The monoisotopic (exact) mass is 348 g/mol. The van der Waals surface area contributed by atoms with Crippen molar-refractivity contribution < 1.29 is 26.5 Å². The highest BCUT2D eigenvalue weighted by molar-refractivity contribution is 5.31.